The molecule has 2 heterocycles. The highest BCUT2D eigenvalue weighted by Gasteiger charge is 2.25. The average Bonchev–Trinajstić information content (AvgIpc) is 3.19. The molecule has 0 saturated carbocycles. The topological polar surface area (TPSA) is 151 Å². The summed E-state index contributed by atoms with van der Waals surface area (Å²) in [6.07, 6.45) is 0. The largest absolute Gasteiger partial charge is 0.481 e. The molecule has 0 radical (unpaired) electrons. The third kappa shape index (κ3) is 5.45. The number of methoxy groups -OCH3 is 2. The van der Waals surface area contributed by atoms with Crippen LogP contribution in [0.15, 0.2) is 23.3 Å². The molecule has 3 rings (SSSR count). The Morgan fingerprint density at radius 3 is 2.33 bits per heavy atom. The van der Waals surface area contributed by atoms with Gasteiger partial charge in [0.2, 0.25) is 23.5 Å². The predicted molar refractivity (Wildman–Crippen MR) is 110 cm³/mol. The van der Waals surface area contributed by atoms with Gasteiger partial charge in [-0.1, -0.05) is 11.6 Å². The molecule has 1 aliphatic heterocycles. The van der Waals surface area contributed by atoms with Crippen LogP contribution in [-0.4, -0.2) is 60.6 Å². The number of anilines is 1. The number of hydrogen-bond acceptors (Lipinski definition) is 11. The van der Waals surface area contributed by atoms with Crippen molar-refractivity contribution in [2.75, 3.05) is 26.6 Å². The van der Waals surface area contributed by atoms with Gasteiger partial charge in [-0.15, -0.1) is 10.6 Å². The van der Waals surface area contributed by atoms with Gasteiger partial charge in [0.15, 0.2) is 5.75 Å². The zero-order valence-corrected chi connectivity index (χ0v) is 18.0. The number of benzene rings is 1. The van der Waals surface area contributed by atoms with Gasteiger partial charge >= 0.3 is 6.61 Å². The van der Waals surface area contributed by atoms with Crippen LogP contribution in [0, 0.1) is 0 Å². The van der Waals surface area contributed by atoms with Crippen LogP contribution in [0.4, 0.5) is 14.5 Å². The highest BCUT2D eigenvalue weighted by molar-refractivity contribution is 6.37. The lowest BCUT2D eigenvalue weighted by Crippen LogP contribution is -2.45. The van der Waals surface area contributed by atoms with Crippen LogP contribution in [-0.2, 0) is 0 Å². The van der Waals surface area contributed by atoms with Gasteiger partial charge in [-0.2, -0.15) is 18.7 Å². The molecule has 0 bridgehead atoms. The summed E-state index contributed by atoms with van der Waals surface area (Å²) in [7, 11) is 4.19. The van der Waals surface area contributed by atoms with E-state index in [1.807, 2.05) is 0 Å². The molecule has 13 nitrogen and oxygen atoms in total. The van der Waals surface area contributed by atoms with Crippen LogP contribution in [0.1, 0.15) is 21.0 Å². The highest BCUT2D eigenvalue weighted by atomic mass is 35.5. The molecule has 0 aliphatic carbocycles. The Morgan fingerprint density at radius 1 is 1.12 bits per heavy atom. The number of hydrazone groups is 1. The number of nitrogens with zero attached hydrogens (tertiary/aromatic N) is 4. The maximum atomic E-state index is 12.9. The Bertz CT molecular complexity index is 1080. The Labute approximate surface area is 190 Å². The van der Waals surface area contributed by atoms with Gasteiger partial charge in [0.05, 0.1) is 30.9 Å². The first kappa shape index (κ1) is 23.7. The van der Waals surface area contributed by atoms with Gasteiger partial charge < -0.3 is 19.5 Å². The monoisotopic (exact) mass is 486 g/mol. The van der Waals surface area contributed by atoms with E-state index in [0.29, 0.717) is 0 Å². The lowest BCUT2D eigenvalue weighted by molar-refractivity contribution is -0.0493. The fourth-order valence-corrected chi connectivity index (χ4v) is 2.78. The fourth-order valence-electron chi connectivity index (χ4n) is 2.49. The Morgan fingerprint density at radius 2 is 1.79 bits per heavy atom. The van der Waals surface area contributed by atoms with E-state index in [9.17, 15) is 18.4 Å². The number of aromatic nitrogens is 2. The number of rotatable bonds is 7. The van der Waals surface area contributed by atoms with Gasteiger partial charge in [-0.05, 0) is 12.1 Å². The van der Waals surface area contributed by atoms with Crippen molar-refractivity contribution >= 4 is 35.1 Å². The molecule has 33 heavy (non-hydrogen) atoms. The van der Waals surface area contributed by atoms with Crippen molar-refractivity contribution in [3.05, 3.63) is 34.6 Å². The lowest BCUT2D eigenvalue weighted by atomic mass is 10.1. The molecule has 0 saturated heterocycles. The minimum atomic E-state index is -3.23. The summed E-state index contributed by atoms with van der Waals surface area (Å²) in [6.45, 7) is -3.23. The van der Waals surface area contributed by atoms with E-state index >= 15 is 0 Å². The molecule has 2 aromatic rings. The van der Waals surface area contributed by atoms with Crippen LogP contribution >= 0.6 is 11.6 Å². The number of nitrogens with one attached hydrogen (secondary N) is 4. The van der Waals surface area contributed by atoms with Crippen molar-refractivity contribution in [1.29, 1.82) is 0 Å². The SMILES string of the molecule is COc1cc(OC)nc(C(=O)Nc2c(OC(F)F)ccc(C(=O)NC3=NNNN3C)c2Cl)n1. The first-order valence-corrected chi connectivity index (χ1v) is 9.30. The normalized spacial score (nSPS) is 12.7. The summed E-state index contributed by atoms with van der Waals surface area (Å²) in [4.78, 5) is 33.2. The zero-order valence-electron chi connectivity index (χ0n) is 17.3. The molecule has 4 N–H and O–H groups in total. The number of hydrogen-bond donors (Lipinski definition) is 4. The summed E-state index contributed by atoms with van der Waals surface area (Å²) in [5, 5.41) is 9.51. The summed E-state index contributed by atoms with van der Waals surface area (Å²) in [5.74, 6) is -2.48. The predicted octanol–water partition coefficient (Wildman–Crippen LogP) is 0.956. The van der Waals surface area contributed by atoms with E-state index < -0.39 is 35.7 Å². The second-order valence-corrected chi connectivity index (χ2v) is 6.46. The highest BCUT2D eigenvalue weighted by Crippen LogP contribution is 2.36. The quantitative estimate of drug-likeness (QED) is 0.445. The van der Waals surface area contributed by atoms with E-state index in [-0.39, 0.29) is 28.3 Å². The number of hydrazine groups is 2. The Hall–Kier alpha value is -3.98. The number of carbonyl (C=O) groups excluding carboxylic acids is 2. The standard InChI is InChI=1S/C17H17ClF2N8O5/c1-28-17(25-26-27-28)24-14(29)7-4-5-8(33-16(19)20)12(11(7)18)23-15(30)13-21-9(31-2)6-10(22-13)32-3/h4-6,16,26-27H,1-3H3,(H,23,30)(H,24,25,29). The summed E-state index contributed by atoms with van der Waals surface area (Å²) in [6, 6.07) is 3.52. The van der Waals surface area contributed by atoms with Crippen molar-refractivity contribution < 1.29 is 32.6 Å². The van der Waals surface area contributed by atoms with Crippen molar-refractivity contribution in [3.8, 4) is 17.5 Å². The van der Waals surface area contributed by atoms with E-state index in [0.717, 1.165) is 12.1 Å². The van der Waals surface area contributed by atoms with Gasteiger partial charge in [0.25, 0.3) is 11.8 Å². The second-order valence-electron chi connectivity index (χ2n) is 6.08. The fraction of sp³-hybridized carbons (Fsp3) is 0.235. The van der Waals surface area contributed by atoms with Gasteiger partial charge in [0.1, 0.15) is 5.69 Å². The third-order valence-corrected chi connectivity index (χ3v) is 4.42. The second kappa shape index (κ2) is 10.1. The molecule has 176 valence electrons. The van der Waals surface area contributed by atoms with Crippen LogP contribution in [0.5, 0.6) is 17.5 Å². The zero-order chi connectivity index (χ0) is 24.1. The molecule has 0 unspecified atom stereocenters. The number of amides is 2. The van der Waals surface area contributed by atoms with Crippen molar-refractivity contribution in [3.63, 3.8) is 0 Å². The molecule has 2 amide bonds. The van der Waals surface area contributed by atoms with Crippen LogP contribution in [0.25, 0.3) is 0 Å². The molecule has 1 aromatic carbocycles. The minimum Gasteiger partial charge on any atom is -0.481 e. The van der Waals surface area contributed by atoms with Crippen molar-refractivity contribution in [2.45, 2.75) is 6.61 Å². The van der Waals surface area contributed by atoms with Crippen LogP contribution < -0.4 is 35.9 Å². The number of carbonyl (C=O) groups is 2. The first-order chi connectivity index (χ1) is 15.7. The third-order valence-electron chi connectivity index (χ3n) is 4.03. The van der Waals surface area contributed by atoms with E-state index in [2.05, 4.69) is 41.5 Å². The van der Waals surface area contributed by atoms with Crippen LogP contribution in [0.2, 0.25) is 5.02 Å². The number of guanidine groups is 1. The molecular weight excluding hydrogens is 470 g/mol. The number of alkyl halides is 2. The molecule has 1 aliphatic rings. The molecule has 1 aromatic heterocycles. The maximum absolute atomic E-state index is 12.9. The molecule has 16 heteroatoms. The first-order valence-electron chi connectivity index (χ1n) is 8.92. The molecular formula is C17H17ClF2N8O5. The van der Waals surface area contributed by atoms with Crippen molar-refractivity contribution in [2.24, 2.45) is 5.10 Å². The molecule has 0 spiro atoms. The Kier molecular flexibility index (Phi) is 7.24. The summed E-state index contributed by atoms with van der Waals surface area (Å²) < 4.78 is 40.2. The smallest absolute Gasteiger partial charge is 0.387 e. The Balaban J connectivity index is 1.95. The molecule has 0 atom stereocenters. The van der Waals surface area contributed by atoms with Gasteiger partial charge in [0, 0.05) is 7.05 Å². The van der Waals surface area contributed by atoms with E-state index in [1.165, 1.54) is 25.3 Å². The number of ether oxygens (including phenoxy) is 3. The van der Waals surface area contributed by atoms with Crippen molar-refractivity contribution in [1.82, 2.24) is 31.4 Å². The summed E-state index contributed by atoms with van der Waals surface area (Å²) >= 11 is 6.29. The van der Waals surface area contributed by atoms with E-state index in [4.69, 9.17) is 21.1 Å². The van der Waals surface area contributed by atoms with E-state index in [1.54, 1.807) is 7.05 Å². The van der Waals surface area contributed by atoms with Crippen LogP contribution in [0.3, 0.4) is 0 Å². The number of halogens is 3. The maximum Gasteiger partial charge on any atom is 0.387 e. The van der Waals surface area contributed by atoms with Gasteiger partial charge in [-0.25, -0.2) is 5.53 Å². The molecule has 0 fully saturated rings. The summed E-state index contributed by atoms with van der Waals surface area (Å²) in [5.41, 5.74) is 4.43. The van der Waals surface area contributed by atoms with Gasteiger partial charge in [-0.3, -0.25) is 19.9 Å². The minimum absolute atomic E-state index is 0.0129. The average molecular weight is 487 g/mol. The lowest BCUT2D eigenvalue weighted by Gasteiger charge is -2.17.